The van der Waals surface area contributed by atoms with Crippen LogP contribution in [0.4, 0.5) is 0 Å². The summed E-state index contributed by atoms with van der Waals surface area (Å²) in [5, 5.41) is 6.48. The summed E-state index contributed by atoms with van der Waals surface area (Å²) >= 11 is 0. The van der Waals surface area contributed by atoms with Crippen molar-refractivity contribution >= 4 is 5.96 Å². The fraction of sp³-hybridized carbons (Fsp3) is 0.923. The van der Waals surface area contributed by atoms with Crippen LogP contribution in [0, 0.1) is 5.41 Å². The average Bonchev–Trinajstić information content (AvgIpc) is 2.32. The number of aliphatic imine (C=N–C) groups is 1. The topological polar surface area (TPSA) is 45.6 Å². The highest BCUT2D eigenvalue weighted by molar-refractivity contribution is 5.79. The highest BCUT2D eigenvalue weighted by Gasteiger charge is 2.49. The van der Waals surface area contributed by atoms with Crippen LogP contribution in [0.15, 0.2) is 4.99 Å². The van der Waals surface area contributed by atoms with Crippen LogP contribution in [0.2, 0.25) is 0 Å². The molecule has 2 unspecified atom stereocenters. The number of hydrogen-bond acceptors (Lipinski definition) is 2. The van der Waals surface area contributed by atoms with Gasteiger partial charge in [0.25, 0.3) is 0 Å². The monoisotopic (exact) mass is 241 g/mol. The number of nitrogens with one attached hydrogen (secondary N) is 2. The number of hydrogen-bond donors (Lipinski definition) is 2. The van der Waals surface area contributed by atoms with Gasteiger partial charge in [-0.05, 0) is 12.8 Å². The Morgan fingerprint density at radius 2 is 2.18 bits per heavy atom. The maximum absolute atomic E-state index is 5.91. The molecule has 4 heteroatoms. The lowest BCUT2D eigenvalue weighted by Crippen LogP contribution is -2.63. The summed E-state index contributed by atoms with van der Waals surface area (Å²) in [6.45, 7) is 7.59. The molecule has 0 spiro atoms. The van der Waals surface area contributed by atoms with E-state index in [1.165, 1.54) is 6.42 Å². The molecule has 0 aromatic heterocycles. The fourth-order valence-corrected chi connectivity index (χ4v) is 2.20. The van der Waals surface area contributed by atoms with Gasteiger partial charge in [0.05, 0.1) is 6.10 Å². The molecule has 0 radical (unpaired) electrons. The number of nitrogens with zero attached hydrogens (tertiary/aromatic N) is 1. The highest BCUT2D eigenvalue weighted by atomic mass is 16.5. The Labute approximate surface area is 105 Å². The van der Waals surface area contributed by atoms with Gasteiger partial charge in [0.2, 0.25) is 0 Å². The third kappa shape index (κ3) is 3.35. The van der Waals surface area contributed by atoms with Gasteiger partial charge in [0.1, 0.15) is 0 Å². The summed E-state index contributed by atoms with van der Waals surface area (Å²) in [5.74, 6) is 0.857. The Morgan fingerprint density at radius 1 is 1.47 bits per heavy atom. The lowest BCUT2D eigenvalue weighted by Gasteiger charge is -2.52. The lowest BCUT2D eigenvalue weighted by atomic mass is 9.64. The highest BCUT2D eigenvalue weighted by Crippen LogP contribution is 2.42. The summed E-state index contributed by atoms with van der Waals surface area (Å²) in [7, 11) is 3.68. The van der Waals surface area contributed by atoms with Crippen LogP contribution in [-0.4, -0.2) is 38.8 Å². The predicted molar refractivity (Wildman–Crippen MR) is 72.4 cm³/mol. The molecule has 0 aliphatic heterocycles. The third-order valence-corrected chi connectivity index (χ3v) is 3.77. The molecule has 0 heterocycles. The van der Waals surface area contributed by atoms with E-state index < -0.39 is 0 Å². The minimum Gasteiger partial charge on any atom is -0.378 e. The van der Waals surface area contributed by atoms with Crippen molar-refractivity contribution in [3.63, 3.8) is 0 Å². The summed E-state index contributed by atoms with van der Waals surface area (Å²) in [5.41, 5.74) is 0.181. The maximum Gasteiger partial charge on any atom is 0.190 e. The number of unbranched alkanes of at least 4 members (excludes halogenated alkanes) is 1. The van der Waals surface area contributed by atoms with E-state index in [0.717, 1.165) is 25.4 Å². The SMILES string of the molecule is CCCCOC1CC(NC(=NC)NC)C1(C)C. The van der Waals surface area contributed by atoms with Crippen LogP contribution in [-0.2, 0) is 4.74 Å². The van der Waals surface area contributed by atoms with Gasteiger partial charge in [0, 0.05) is 32.2 Å². The van der Waals surface area contributed by atoms with Crippen LogP contribution in [0.25, 0.3) is 0 Å². The van der Waals surface area contributed by atoms with E-state index in [0.29, 0.717) is 12.1 Å². The van der Waals surface area contributed by atoms with Gasteiger partial charge in [-0.25, -0.2) is 0 Å². The van der Waals surface area contributed by atoms with Gasteiger partial charge in [-0.15, -0.1) is 0 Å². The molecule has 0 amide bonds. The van der Waals surface area contributed by atoms with Crippen molar-refractivity contribution in [2.75, 3.05) is 20.7 Å². The Balaban J connectivity index is 2.38. The molecule has 0 saturated heterocycles. The predicted octanol–water partition coefficient (Wildman–Crippen LogP) is 1.77. The van der Waals surface area contributed by atoms with Crippen LogP contribution < -0.4 is 10.6 Å². The van der Waals surface area contributed by atoms with Gasteiger partial charge in [-0.3, -0.25) is 4.99 Å². The first-order chi connectivity index (χ1) is 8.06. The third-order valence-electron chi connectivity index (χ3n) is 3.77. The summed E-state index contributed by atoms with van der Waals surface area (Å²) in [6, 6.07) is 0.445. The van der Waals surface area contributed by atoms with Crippen LogP contribution in [0.1, 0.15) is 40.0 Å². The van der Waals surface area contributed by atoms with E-state index in [2.05, 4.69) is 36.4 Å². The van der Waals surface area contributed by atoms with Crippen LogP contribution in [0.5, 0.6) is 0 Å². The number of ether oxygens (including phenoxy) is 1. The van der Waals surface area contributed by atoms with Crippen LogP contribution >= 0.6 is 0 Å². The zero-order valence-corrected chi connectivity index (χ0v) is 11.8. The molecular formula is C13H27N3O. The molecule has 100 valence electrons. The second-order valence-corrected chi connectivity index (χ2v) is 5.29. The van der Waals surface area contributed by atoms with Gasteiger partial charge in [-0.1, -0.05) is 27.2 Å². The maximum atomic E-state index is 5.91. The largest absolute Gasteiger partial charge is 0.378 e. The van der Waals surface area contributed by atoms with E-state index >= 15 is 0 Å². The van der Waals surface area contributed by atoms with E-state index in [9.17, 15) is 0 Å². The van der Waals surface area contributed by atoms with Crippen LogP contribution in [0.3, 0.4) is 0 Å². The smallest absolute Gasteiger partial charge is 0.190 e. The molecule has 1 saturated carbocycles. The van der Waals surface area contributed by atoms with E-state index in [1.807, 2.05) is 7.05 Å². The van der Waals surface area contributed by atoms with Crippen molar-refractivity contribution in [2.24, 2.45) is 10.4 Å². The molecule has 2 atom stereocenters. The molecule has 0 aromatic rings. The van der Waals surface area contributed by atoms with E-state index in [1.54, 1.807) is 7.05 Å². The Hall–Kier alpha value is -0.770. The molecule has 2 N–H and O–H groups in total. The second-order valence-electron chi connectivity index (χ2n) is 5.29. The first kappa shape index (κ1) is 14.3. The minimum atomic E-state index is 0.181. The van der Waals surface area contributed by atoms with Crippen molar-refractivity contribution < 1.29 is 4.74 Å². The van der Waals surface area contributed by atoms with Crippen molar-refractivity contribution in [1.82, 2.24) is 10.6 Å². The molecule has 4 nitrogen and oxygen atoms in total. The normalized spacial score (nSPS) is 27.5. The molecule has 1 aliphatic rings. The van der Waals surface area contributed by atoms with Gasteiger partial charge in [0.15, 0.2) is 5.96 Å². The minimum absolute atomic E-state index is 0.181. The summed E-state index contributed by atoms with van der Waals surface area (Å²) in [6.07, 6.45) is 3.79. The Morgan fingerprint density at radius 3 is 2.65 bits per heavy atom. The van der Waals surface area contributed by atoms with Crippen molar-refractivity contribution in [3.8, 4) is 0 Å². The molecule has 17 heavy (non-hydrogen) atoms. The summed E-state index contributed by atoms with van der Waals surface area (Å²) < 4.78 is 5.91. The lowest BCUT2D eigenvalue weighted by molar-refractivity contribution is -0.113. The number of rotatable bonds is 5. The quantitative estimate of drug-likeness (QED) is 0.438. The van der Waals surface area contributed by atoms with Gasteiger partial charge >= 0.3 is 0 Å². The molecule has 1 fully saturated rings. The fourth-order valence-electron chi connectivity index (χ4n) is 2.20. The van der Waals surface area contributed by atoms with E-state index in [-0.39, 0.29) is 5.41 Å². The number of guanidine groups is 1. The zero-order valence-electron chi connectivity index (χ0n) is 11.8. The molecule has 1 aliphatic carbocycles. The van der Waals surface area contributed by atoms with Gasteiger partial charge in [-0.2, -0.15) is 0 Å². The van der Waals surface area contributed by atoms with E-state index in [4.69, 9.17) is 4.74 Å². The molecule has 0 aromatic carbocycles. The average molecular weight is 241 g/mol. The molecular weight excluding hydrogens is 214 g/mol. The second kappa shape index (κ2) is 6.24. The standard InChI is InChI=1S/C13H27N3O/c1-6-7-8-17-11-9-10(13(11,2)3)16-12(14-4)15-5/h10-11H,6-9H2,1-5H3,(H2,14,15,16). The van der Waals surface area contributed by atoms with Crippen molar-refractivity contribution in [2.45, 2.75) is 52.2 Å². The van der Waals surface area contributed by atoms with Crippen molar-refractivity contribution in [3.05, 3.63) is 0 Å². The Bertz CT molecular complexity index is 263. The van der Waals surface area contributed by atoms with Gasteiger partial charge < -0.3 is 15.4 Å². The Kier molecular flexibility index (Phi) is 5.25. The van der Waals surface area contributed by atoms with Crippen molar-refractivity contribution in [1.29, 1.82) is 0 Å². The molecule has 1 rings (SSSR count). The first-order valence-electron chi connectivity index (χ1n) is 6.58. The summed E-state index contributed by atoms with van der Waals surface area (Å²) in [4.78, 5) is 4.15. The zero-order chi connectivity index (χ0) is 12.9. The molecule has 0 bridgehead atoms. The first-order valence-corrected chi connectivity index (χ1v) is 6.58.